The second kappa shape index (κ2) is 7.41. The van der Waals surface area contributed by atoms with Gasteiger partial charge in [-0.2, -0.15) is 0 Å². The summed E-state index contributed by atoms with van der Waals surface area (Å²) in [5.41, 5.74) is 2.66. The van der Waals surface area contributed by atoms with Gasteiger partial charge in [0.05, 0.1) is 17.7 Å². The van der Waals surface area contributed by atoms with Gasteiger partial charge < -0.3 is 4.74 Å². The van der Waals surface area contributed by atoms with Crippen LogP contribution < -0.4 is 9.46 Å². The number of hydrogen-bond donors (Lipinski definition) is 1. The highest BCUT2D eigenvalue weighted by Gasteiger charge is 2.18. The van der Waals surface area contributed by atoms with E-state index in [4.69, 9.17) is 4.74 Å². The Morgan fingerprint density at radius 2 is 1.97 bits per heavy atom. The quantitative estimate of drug-likeness (QED) is 0.501. The number of nitrogens with zero attached hydrogens (tertiary/aromatic N) is 2. The molecule has 0 aliphatic carbocycles. The predicted octanol–water partition coefficient (Wildman–Crippen LogP) is 4.62. The van der Waals surface area contributed by atoms with Crippen molar-refractivity contribution in [2.24, 2.45) is 0 Å². The van der Waals surface area contributed by atoms with Crippen LogP contribution in [-0.2, 0) is 10.0 Å². The molecule has 0 radical (unpaired) electrons. The van der Waals surface area contributed by atoms with Gasteiger partial charge in [0.1, 0.15) is 15.4 Å². The molecule has 4 aromatic rings. The highest BCUT2D eigenvalue weighted by atomic mass is 32.2. The van der Waals surface area contributed by atoms with Gasteiger partial charge in [-0.3, -0.25) is 4.72 Å². The summed E-state index contributed by atoms with van der Waals surface area (Å²) in [5.74, 6) is -0.769. The van der Waals surface area contributed by atoms with E-state index in [9.17, 15) is 12.8 Å². The summed E-state index contributed by atoms with van der Waals surface area (Å²) in [7, 11) is -2.67. The van der Waals surface area contributed by atoms with Gasteiger partial charge >= 0.3 is 0 Å². The second-order valence-electron chi connectivity index (χ2n) is 6.28. The van der Waals surface area contributed by atoms with E-state index >= 15 is 0 Å². The highest BCUT2D eigenvalue weighted by molar-refractivity contribution is 7.92. The maximum absolute atomic E-state index is 14.0. The molecule has 0 fully saturated rings. The molecule has 2 aromatic carbocycles. The zero-order chi connectivity index (χ0) is 20.6. The first-order valence-electron chi connectivity index (χ1n) is 8.56. The Bertz CT molecular complexity index is 1290. The van der Waals surface area contributed by atoms with Gasteiger partial charge in [-0.05, 0) is 48.9 Å². The lowest BCUT2D eigenvalue weighted by atomic mass is 10.1. The van der Waals surface area contributed by atoms with Crippen molar-refractivity contribution in [3.8, 4) is 16.3 Å². The summed E-state index contributed by atoms with van der Waals surface area (Å²) >= 11 is 1.42. The van der Waals surface area contributed by atoms with E-state index in [1.807, 2.05) is 18.2 Å². The van der Waals surface area contributed by atoms with Crippen LogP contribution in [0.25, 0.3) is 20.9 Å². The van der Waals surface area contributed by atoms with Crippen molar-refractivity contribution < 1.29 is 17.5 Å². The Hall–Kier alpha value is -3.04. The van der Waals surface area contributed by atoms with E-state index in [-0.39, 0.29) is 10.6 Å². The van der Waals surface area contributed by atoms with Crippen LogP contribution in [0.1, 0.15) is 5.56 Å². The Labute approximate surface area is 171 Å². The van der Waals surface area contributed by atoms with Crippen LogP contribution in [0, 0.1) is 12.7 Å². The van der Waals surface area contributed by atoms with Crippen LogP contribution in [0.2, 0.25) is 0 Å². The number of pyridine rings is 1. The van der Waals surface area contributed by atoms with Gasteiger partial charge in [-0.1, -0.05) is 23.5 Å². The van der Waals surface area contributed by atoms with E-state index in [1.165, 1.54) is 30.6 Å². The molecule has 0 unspecified atom stereocenters. The van der Waals surface area contributed by atoms with E-state index in [0.29, 0.717) is 5.69 Å². The molecule has 0 bridgehead atoms. The SMILES string of the molecule is COc1ccc(S(=O)(=O)Nc2cc(-c3nc4cccnc4s3)ccc2C)cc1F. The Morgan fingerprint density at radius 1 is 1.14 bits per heavy atom. The largest absolute Gasteiger partial charge is 0.494 e. The summed E-state index contributed by atoms with van der Waals surface area (Å²) in [6.45, 7) is 1.79. The number of nitrogens with one attached hydrogen (secondary N) is 1. The van der Waals surface area contributed by atoms with Crippen LogP contribution in [-0.4, -0.2) is 25.5 Å². The molecule has 0 saturated heterocycles. The maximum atomic E-state index is 14.0. The normalized spacial score (nSPS) is 11.6. The molecule has 4 rings (SSSR count). The molecule has 0 aliphatic rings. The maximum Gasteiger partial charge on any atom is 0.262 e. The fraction of sp³-hybridized carbons (Fsp3) is 0.100. The topological polar surface area (TPSA) is 81.2 Å². The summed E-state index contributed by atoms with van der Waals surface area (Å²) < 4.78 is 46.8. The van der Waals surface area contributed by atoms with Crippen molar-refractivity contribution in [1.82, 2.24) is 9.97 Å². The highest BCUT2D eigenvalue weighted by Crippen LogP contribution is 2.32. The van der Waals surface area contributed by atoms with Crippen LogP contribution in [0.15, 0.2) is 59.6 Å². The molecule has 148 valence electrons. The standard InChI is InChI=1S/C20H16FN3O3S2/c1-12-5-6-13(19-23-16-4-3-9-22-20(16)28-19)10-17(12)24-29(25,26)14-7-8-18(27-2)15(21)11-14/h3-11,24H,1-2H3. The van der Waals surface area contributed by atoms with Crippen molar-refractivity contribution in [3.05, 3.63) is 66.1 Å². The van der Waals surface area contributed by atoms with Crippen LogP contribution >= 0.6 is 11.3 Å². The fourth-order valence-corrected chi connectivity index (χ4v) is 4.81. The number of sulfonamides is 1. The average molecular weight is 429 g/mol. The third-order valence-corrected chi connectivity index (χ3v) is 6.72. The molecule has 0 spiro atoms. The molecule has 0 aliphatic heterocycles. The van der Waals surface area contributed by atoms with Gasteiger partial charge in [0, 0.05) is 11.8 Å². The molecular formula is C20H16FN3O3S2. The van der Waals surface area contributed by atoms with Crippen LogP contribution in [0.5, 0.6) is 5.75 Å². The van der Waals surface area contributed by atoms with Crippen molar-refractivity contribution in [2.75, 3.05) is 11.8 Å². The summed E-state index contributed by atoms with van der Waals surface area (Å²) in [6.07, 6.45) is 1.70. The van der Waals surface area contributed by atoms with Crippen molar-refractivity contribution in [3.63, 3.8) is 0 Å². The Balaban J connectivity index is 1.70. The monoisotopic (exact) mass is 429 g/mol. The number of fused-ring (bicyclic) bond motifs is 1. The number of benzene rings is 2. The number of aromatic nitrogens is 2. The Kier molecular flexibility index (Phi) is 4.93. The minimum absolute atomic E-state index is 0.0217. The number of halogens is 1. The zero-order valence-corrected chi connectivity index (χ0v) is 17.1. The molecule has 9 heteroatoms. The van der Waals surface area contributed by atoms with Gasteiger partial charge in [0.2, 0.25) is 0 Å². The third-order valence-electron chi connectivity index (χ3n) is 4.33. The minimum Gasteiger partial charge on any atom is -0.494 e. The van der Waals surface area contributed by atoms with Crippen molar-refractivity contribution >= 4 is 37.4 Å². The lowest BCUT2D eigenvalue weighted by molar-refractivity contribution is 0.385. The average Bonchev–Trinajstić information content (AvgIpc) is 3.13. The van der Waals surface area contributed by atoms with Gasteiger partial charge in [0.25, 0.3) is 10.0 Å². The predicted molar refractivity (Wildman–Crippen MR) is 111 cm³/mol. The number of ether oxygens (including phenoxy) is 1. The zero-order valence-electron chi connectivity index (χ0n) is 15.5. The second-order valence-corrected chi connectivity index (χ2v) is 8.94. The molecule has 29 heavy (non-hydrogen) atoms. The molecule has 2 aromatic heterocycles. The number of aryl methyl sites for hydroxylation is 1. The molecule has 6 nitrogen and oxygen atoms in total. The van der Waals surface area contributed by atoms with Crippen molar-refractivity contribution in [1.29, 1.82) is 0 Å². The van der Waals surface area contributed by atoms with E-state index in [2.05, 4.69) is 14.7 Å². The van der Waals surface area contributed by atoms with E-state index in [0.717, 1.165) is 32.5 Å². The fourth-order valence-electron chi connectivity index (χ4n) is 2.78. The molecule has 0 atom stereocenters. The minimum atomic E-state index is -3.98. The molecular weight excluding hydrogens is 413 g/mol. The first-order chi connectivity index (χ1) is 13.9. The van der Waals surface area contributed by atoms with Crippen LogP contribution in [0.4, 0.5) is 10.1 Å². The van der Waals surface area contributed by atoms with E-state index in [1.54, 1.807) is 25.3 Å². The summed E-state index contributed by atoms with van der Waals surface area (Å²) in [6, 6.07) is 12.6. The molecule has 0 amide bonds. The number of hydrogen-bond acceptors (Lipinski definition) is 6. The van der Waals surface area contributed by atoms with Crippen LogP contribution in [0.3, 0.4) is 0 Å². The van der Waals surface area contributed by atoms with Crippen molar-refractivity contribution in [2.45, 2.75) is 11.8 Å². The smallest absolute Gasteiger partial charge is 0.262 e. The molecule has 1 N–H and O–H groups in total. The number of methoxy groups -OCH3 is 1. The van der Waals surface area contributed by atoms with Gasteiger partial charge in [-0.25, -0.2) is 22.8 Å². The number of rotatable bonds is 5. The third kappa shape index (κ3) is 3.79. The molecule has 2 heterocycles. The lowest BCUT2D eigenvalue weighted by Crippen LogP contribution is -2.14. The molecule has 0 saturated carbocycles. The first kappa shape index (κ1) is 19.3. The van der Waals surface area contributed by atoms with Gasteiger partial charge in [-0.15, -0.1) is 0 Å². The summed E-state index contributed by atoms with van der Waals surface area (Å²) in [5, 5.41) is 0.731. The summed E-state index contributed by atoms with van der Waals surface area (Å²) in [4.78, 5) is 9.46. The number of thiazole rings is 1. The lowest BCUT2D eigenvalue weighted by Gasteiger charge is -2.12. The van der Waals surface area contributed by atoms with Gasteiger partial charge in [0.15, 0.2) is 11.6 Å². The Morgan fingerprint density at radius 3 is 2.69 bits per heavy atom. The number of anilines is 1. The van der Waals surface area contributed by atoms with E-state index < -0.39 is 15.8 Å². The first-order valence-corrected chi connectivity index (χ1v) is 10.9.